The first kappa shape index (κ1) is 20.2. The quantitative estimate of drug-likeness (QED) is 0.368. The number of benzene rings is 1. The minimum atomic E-state index is 0.193. The van der Waals surface area contributed by atoms with Crippen LogP contribution in [0.2, 0.25) is 0 Å². The van der Waals surface area contributed by atoms with Crippen molar-refractivity contribution >= 4 is 28.4 Å². The number of Topliss-reactive ketones (excluding diaryl/α,β-unsaturated/α-hetero) is 1. The molecule has 0 aromatic heterocycles. The lowest BCUT2D eigenvalue weighted by Gasteiger charge is -2.07. The molecule has 0 unspecified atom stereocenters. The average molecular weight is 346 g/mol. The van der Waals surface area contributed by atoms with Crippen molar-refractivity contribution in [2.45, 2.75) is 51.9 Å². The molecule has 0 amide bonds. The van der Waals surface area contributed by atoms with E-state index < -0.39 is 0 Å². The van der Waals surface area contributed by atoms with Crippen LogP contribution in [-0.4, -0.2) is 23.8 Å². The van der Waals surface area contributed by atoms with Crippen molar-refractivity contribution < 1.29 is 4.79 Å². The Morgan fingerprint density at radius 3 is 2.46 bits per heavy atom. The summed E-state index contributed by atoms with van der Waals surface area (Å²) in [6, 6.07) is 9.27. The molecule has 4 nitrogen and oxygen atoms in total. The maximum absolute atomic E-state index is 11.9. The molecule has 0 fully saturated rings. The standard InChI is InChI=1S/C19H27N3OS/c1-3-4-5-6-7-8-9-18(23)15-21-19(24-2)22-17-12-10-16(14-20)11-13-17/h10-13H,3-9,15H2,1-2H3,(H,21,22). The molecule has 0 aliphatic rings. The summed E-state index contributed by atoms with van der Waals surface area (Å²) < 4.78 is 0. The summed E-state index contributed by atoms with van der Waals surface area (Å²) in [5.41, 5.74) is 1.49. The Kier molecular flexibility index (Phi) is 10.6. The van der Waals surface area contributed by atoms with E-state index >= 15 is 0 Å². The number of aliphatic imine (C=N–C) groups is 1. The molecule has 0 heterocycles. The maximum atomic E-state index is 11.9. The van der Waals surface area contributed by atoms with Crippen LogP contribution >= 0.6 is 11.8 Å². The summed E-state index contributed by atoms with van der Waals surface area (Å²) in [7, 11) is 0. The fourth-order valence-electron chi connectivity index (χ4n) is 2.25. The van der Waals surface area contributed by atoms with Gasteiger partial charge in [0.2, 0.25) is 0 Å². The Balaban J connectivity index is 2.33. The Hall–Kier alpha value is -1.80. The fourth-order valence-corrected chi connectivity index (χ4v) is 2.66. The third kappa shape index (κ3) is 8.73. The Morgan fingerprint density at radius 1 is 1.17 bits per heavy atom. The van der Waals surface area contributed by atoms with Crippen molar-refractivity contribution in [1.82, 2.24) is 0 Å². The summed E-state index contributed by atoms with van der Waals surface area (Å²) in [6.45, 7) is 2.44. The van der Waals surface area contributed by atoms with Crippen LogP contribution in [0.1, 0.15) is 57.4 Å². The molecule has 0 aliphatic carbocycles. The van der Waals surface area contributed by atoms with Crippen LogP contribution in [0.4, 0.5) is 5.69 Å². The largest absolute Gasteiger partial charge is 0.335 e. The number of ketones is 1. The Morgan fingerprint density at radius 2 is 1.83 bits per heavy atom. The smallest absolute Gasteiger partial charge is 0.161 e. The van der Waals surface area contributed by atoms with Crippen LogP contribution in [0.5, 0.6) is 0 Å². The molecule has 1 aromatic rings. The monoisotopic (exact) mass is 345 g/mol. The summed E-state index contributed by atoms with van der Waals surface area (Å²) in [4.78, 5) is 16.3. The minimum Gasteiger partial charge on any atom is -0.335 e. The van der Waals surface area contributed by atoms with Gasteiger partial charge in [-0.25, -0.2) is 0 Å². The molecule has 0 aliphatic heterocycles. The summed E-state index contributed by atoms with van der Waals surface area (Å²) in [5, 5.41) is 12.7. The number of rotatable bonds is 10. The number of hydrogen-bond acceptors (Lipinski definition) is 4. The number of carbonyl (C=O) groups is 1. The molecule has 0 saturated heterocycles. The zero-order chi connectivity index (χ0) is 17.6. The Labute approximate surface area is 149 Å². The topological polar surface area (TPSA) is 65.2 Å². The highest BCUT2D eigenvalue weighted by Crippen LogP contribution is 2.12. The van der Waals surface area contributed by atoms with Crippen LogP contribution in [-0.2, 0) is 4.79 Å². The number of nitrogens with one attached hydrogen (secondary N) is 1. The van der Waals surface area contributed by atoms with Gasteiger partial charge in [-0.1, -0.05) is 50.8 Å². The second kappa shape index (κ2) is 12.6. The number of amidine groups is 1. The van der Waals surface area contributed by atoms with Gasteiger partial charge in [0, 0.05) is 12.1 Å². The number of thioether (sulfide) groups is 1. The van der Waals surface area contributed by atoms with Crippen molar-refractivity contribution in [1.29, 1.82) is 5.26 Å². The van der Waals surface area contributed by atoms with E-state index in [1.165, 1.54) is 37.4 Å². The first-order chi connectivity index (χ1) is 11.7. The van der Waals surface area contributed by atoms with Crippen LogP contribution in [0.15, 0.2) is 29.3 Å². The van der Waals surface area contributed by atoms with Gasteiger partial charge < -0.3 is 5.32 Å². The second-order valence-corrected chi connectivity index (χ2v) is 6.49. The first-order valence-electron chi connectivity index (χ1n) is 8.57. The summed E-state index contributed by atoms with van der Waals surface area (Å²) in [6.07, 6.45) is 9.67. The molecule has 1 aromatic carbocycles. The highest BCUT2D eigenvalue weighted by molar-refractivity contribution is 8.13. The van der Waals surface area contributed by atoms with Crippen molar-refractivity contribution in [3.8, 4) is 6.07 Å². The predicted octanol–water partition coefficient (Wildman–Crippen LogP) is 5.01. The maximum Gasteiger partial charge on any atom is 0.161 e. The molecule has 0 atom stereocenters. The molecule has 1 N–H and O–H groups in total. The van der Waals surface area contributed by atoms with Gasteiger partial charge in [-0.15, -0.1) is 0 Å². The van der Waals surface area contributed by atoms with Crippen LogP contribution in [0.3, 0.4) is 0 Å². The molecule has 0 spiro atoms. The van der Waals surface area contributed by atoms with Crippen molar-refractivity contribution in [3.05, 3.63) is 29.8 Å². The van der Waals surface area contributed by atoms with Gasteiger partial charge in [0.1, 0.15) is 6.54 Å². The third-order valence-electron chi connectivity index (χ3n) is 3.67. The lowest BCUT2D eigenvalue weighted by molar-refractivity contribution is -0.117. The van der Waals surface area contributed by atoms with Gasteiger partial charge in [-0.05, 0) is 36.9 Å². The SMILES string of the molecule is CCCCCCCCC(=O)CN=C(Nc1ccc(C#N)cc1)SC. The van der Waals surface area contributed by atoms with Crippen molar-refractivity contribution in [2.24, 2.45) is 4.99 Å². The number of nitriles is 1. The van der Waals surface area contributed by atoms with Gasteiger partial charge in [0.25, 0.3) is 0 Å². The van der Waals surface area contributed by atoms with Crippen molar-refractivity contribution in [2.75, 3.05) is 18.1 Å². The summed E-state index contributed by atoms with van der Waals surface area (Å²) >= 11 is 1.48. The lowest BCUT2D eigenvalue weighted by atomic mass is 10.1. The van der Waals surface area contributed by atoms with Crippen LogP contribution < -0.4 is 5.32 Å². The van der Waals surface area contributed by atoms with Crippen LogP contribution in [0.25, 0.3) is 0 Å². The van der Waals surface area contributed by atoms with E-state index in [0.29, 0.717) is 12.0 Å². The predicted molar refractivity (Wildman–Crippen MR) is 104 cm³/mol. The molecular formula is C19H27N3OS. The van der Waals surface area contributed by atoms with E-state index in [1.807, 2.05) is 18.4 Å². The van der Waals surface area contributed by atoms with E-state index in [1.54, 1.807) is 12.1 Å². The normalized spacial score (nSPS) is 11.1. The molecule has 0 bridgehead atoms. The zero-order valence-electron chi connectivity index (χ0n) is 14.7. The molecule has 1 rings (SSSR count). The number of nitrogens with zero attached hydrogens (tertiary/aromatic N) is 2. The molecule has 5 heteroatoms. The van der Waals surface area contributed by atoms with Gasteiger partial charge in [-0.2, -0.15) is 5.26 Å². The summed E-state index contributed by atoms with van der Waals surface area (Å²) in [5.74, 6) is 0.193. The third-order valence-corrected chi connectivity index (χ3v) is 4.28. The number of unbranched alkanes of at least 4 members (excludes halogenated alkanes) is 5. The van der Waals surface area contributed by atoms with Gasteiger partial charge >= 0.3 is 0 Å². The van der Waals surface area contributed by atoms with Crippen LogP contribution in [0, 0.1) is 11.3 Å². The fraction of sp³-hybridized carbons (Fsp3) is 0.526. The molecule has 0 radical (unpaired) electrons. The van der Waals surface area contributed by atoms with E-state index in [0.717, 1.165) is 23.7 Å². The molecule has 130 valence electrons. The van der Waals surface area contributed by atoms with Gasteiger partial charge in [-0.3, -0.25) is 9.79 Å². The number of carbonyl (C=O) groups excluding carboxylic acids is 1. The first-order valence-corrected chi connectivity index (χ1v) is 9.79. The van der Waals surface area contributed by atoms with Gasteiger partial charge in [0.05, 0.1) is 11.6 Å². The van der Waals surface area contributed by atoms with Crippen molar-refractivity contribution in [3.63, 3.8) is 0 Å². The molecule has 24 heavy (non-hydrogen) atoms. The average Bonchev–Trinajstić information content (AvgIpc) is 2.62. The molecular weight excluding hydrogens is 318 g/mol. The van der Waals surface area contributed by atoms with E-state index in [9.17, 15) is 4.79 Å². The van der Waals surface area contributed by atoms with Gasteiger partial charge in [0.15, 0.2) is 11.0 Å². The number of anilines is 1. The lowest BCUT2D eigenvalue weighted by Crippen LogP contribution is -2.11. The highest BCUT2D eigenvalue weighted by Gasteiger charge is 2.03. The minimum absolute atomic E-state index is 0.193. The van der Waals surface area contributed by atoms with E-state index in [2.05, 4.69) is 23.3 Å². The second-order valence-electron chi connectivity index (χ2n) is 5.70. The highest BCUT2D eigenvalue weighted by atomic mass is 32.2. The van der Waals surface area contributed by atoms with E-state index in [-0.39, 0.29) is 12.3 Å². The van der Waals surface area contributed by atoms with E-state index in [4.69, 9.17) is 5.26 Å². The molecule has 0 saturated carbocycles. The number of hydrogen-bond donors (Lipinski definition) is 1. The zero-order valence-corrected chi connectivity index (χ0v) is 15.5. The Bertz CT molecular complexity index is 561.